The number of anilines is 1. The van der Waals surface area contributed by atoms with Crippen LogP contribution in [-0.2, 0) is 0 Å². The van der Waals surface area contributed by atoms with Gasteiger partial charge in [0.05, 0.1) is 0 Å². The van der Waals surface area contributed by atoms with Crippen LogP contribution in [0.25, 0.3) is 0 Å². The van der Waals surface area contributed by atoms with Crippen molar-refractivity contribution >= 4 is 17.3 Å². The van der Waals surface area contributed by atoms with E-state index in [1.54, 1.807) is 0 Å². The summed E-state index contributed by atoms with van der Waals surface area (Å²) in [6.07, 6.45) is 0. The predicted octanol–water partition coefficient (Wildman–Crippen LogP) is 2.49. The van der Waals surface area contributed by atoms with E-state index in [9.17, 15) is 0 Å². The van der Waals surface area contributed by atoms with Gasteiger partial charge in [-0.05, 0) is 32.0 Å². The van der Waals surface area contributed by atoms with Gasteiger partial charge >= 0.3 is 0 Å². The van der Waals surface area contributed by atoms with E-state index in [1.807, 2.05) is 38.1 Å². The summed E-state index contributed by atoms with van der Waals surface area (Å²) in [4.78, 5) is 0. The lowest BCUT2D eigenvalue weighted by Crippen LogP contribution is -2.39. The molecule has 1 aromatic rings. The molecule has 0 aromatic heterocycles. The lowest BCUT2D eigenvalue weighted by atomic mass is 10.1. The minimum absolute atomic E-state index is 0.0926. The van der Waals surface area contributed by atoms with Crippen LogP contribution in [0.5, 0.6) is 0 Å². The maximum Gasteiger partial charge on any atom is 0.0439 e. The van der Waals surface area contributed by atoms with Gasteiger partial charge in [0.1, 0.15) is 0 Å². The summed E-state index contributed by atoms with van der Waals surface area (Å²) < 4.78 is 0. The van der Waals surface area contributed by atoms with Crippen LogP contribution in [0.2, 0.25) is 5.02 Å². The molecule has 0 heterocycles. The zero-order chi connectivity index (χ0) is 9.90. The smallest absolute Gasteiger partial charge is 0.0439 e. The highest BCUT2D eigenvalue weighted by molar-refractivity contribution is 6.30. The van der Waals surface area contributed by atoms with Crippen LogP contribution < -0.4 is 11.1 Å². The molecule has 13 heavy (non-hydrogen) atoms. The maximum atomic E-state index is 5.85. The number of rotatable bonds is 3. The number of hydrogen-bond acceptors (Lipinski definition) is 2. The van der Waals surface area contributed by atoms with Crippen LogP contribution in [-0.4, -0.2) is 12.1 Å². The van der Waals surface area contributed by atoms with Gasteiger partial charge in [-0.1, -0.05) is 17.7 Å². The molecule has 0 unspecified atom stereocenters. The molecule has 0 saturated heterocycles. The van der Waals surface area contributed by atoms with E-state index in [0.29, 0.717) is 6.54 Å². The molecule has 0 bridgehead atoms. The molecule has 1 aromatic carbocycles. The summed E-state index contributed by atoms with van der Waals surface area (Å²) in [5, 5.41) is 4.03. The highest BCUT2D eigenvalue weighted by atomic mass is 35.5. The quantitative estimate of drug-likeness (QED) is 0.783. The molecule has 3 N–H and O–H groups in total. The first kappa shape index (κ1) is 10.4. The van der Waals surface area contributed by atoms with Gasteiger partial charge in [-0.15, -0.1) is 0 Å². The first-order valence-electron chi connectivity index (χ1n) is 4.27. The van der Waals surface area contributed by atoms with E-state index in [0.717, 1.165) is 10.7 Å². The van der Waals surface area contributed by atoms with Crippen molar-refractivity contribution in [2.24, 2.45) is 5.73 Å². The Kier molecular flexibility index (Phi) is 3.17. The van der Waals surface area contributed by atoms with Gasteiger partial charge in [-0.2, -0.15) is 0 Å². The second-order valence-corrected chi connectivity index (χ2v) is 4.16. The van der Waals surface area contributed by atoms with E-state index in [-0.39, 0.29) is 5.54 Å². The van der Waals surface area contributed by atoms with Gasteiger partial charge in [0.25, 0.3) is 0 Å². The van der Waals surface area contributed by atoms with E-state index >= 15 is 0 Å². The third-order valence-corrected chi connectivity index (χ3v) is 2.05. The first-order chi connectivity index (χ1) is 6.03. The van der Waals surface area contributed by atoms with Crippen molar-refractivity contribution in [1.29, 1.82) is 0 Å². The van der Waals surface area contributed by atoms with E-state index < -0.39 is 0 Å². The molecular formula is C10H15ClN2. The zero-order valence-electron chi connectivity index (χ0n) is 7.97. The Morgan fingerprint density at radius 2 is 2.15 bits per heavy atom. The number of nitrogens with one attached hydrogen (secondary N) is 1. The SMILES string of the molecule is CC(C)(CN)Nc1cccc(Cl)c1. The van der Waals surface area contributed by atoms with Gasteiger partial charge < -0.3 is 11.1 Å². The van der Waals surface area contributed by atoms with Crippen molar-refractivity contribution < 1.29 is 0 Å². The molecule has 2 nitrogen and oxygen atoms in total. The topological polar surface area (TPSA) is 38.0 Å². The first-order valence-corrected chi connectivity index (χ1v) is 4.65. The molecule has 0 radical (unpaired) electrons. The molecule has 0 saturated carbocycles. The van der Waals surface area contributed by atoms with Crippen LogP contribution in [0.15, 0.2) is 24.3 Å². The molecular weight excluding hydrogens is 184 g/mol. The summed E-state index contributed by atoms with van der Waals surface area (Å²) in [5.74, 6) is 0. The van der Waals surface area contributed by atoms with Crippen LogP contribution in [0, 0.1) is 0 Å². The fraction of sp³-hybridized carbons (Fsp3) is 0.400. The average molecular weight is 199 g/mol. The average Bonchev–Trinajstić information content (AvgIpc) is 2.03. The maximum absolute atomic E-state index is 5.85. The second kappa shape index (κ2) is 3.99. The Bertz CT molecular complexity index is 284. The summed E-state index contributed by atoms with van der Waals surface area (Å²) in [6.45, 7) is 4.68. The molecule has 0 aliphatic heterocycles. The highest BCUT2D eigenvalue weighted by Crippen LogP contribution is 2.18. The van der Waals surface area contributed by atoms with E-state index in [2.05, 4.69) is 5.32 Å². The van der Waals surface area contributed by atoms with Crippen molar-refractivity contribution in [3.8, 4) is 0 Å². The van der Waals surface area contributed by atoms with E-state index in [4.69, 9.17) is 17.3 Å². The largest absolute Gasteiger partial charge is 0.379 e. The summed E-state index contributed by atoms with van der Waals surface area (Å²) >= 11 is 5.85. The molecule has 0 spiro atoms. The molecule has 0 aliphatic carbocycles. The van der Waals surface area contributed by atoms with Crippen molar-refractivity contribution in [1.82, 2.24) is 0 Å². The fourth-order valence-corrected chi connectivity index (χ4v) is 1.20. The normalized spacial score (nSPS) is 11.4. The summed E-state index contributed by atoms with van der Waals surface area (Å²) in [6, 6.07) is 7.63. The van der Waals surface area contributed by atoms with Crippen molar-refractivity contribution in [3.05, 3.63) is 29.3 Å². The Morgan fingerprint density at radius 3 is 2.69 bits per heavy atom. The number of nitrogens with two attached hydrogens (primary N) is 1. The van der Waals surface area contributed by atoms with Crippen LogP contribution >= 0.6 is 11.6 Å². The summed E-state index contributed by atoms with van der Waals surface area (Å²) in [7, 11) is 0. The van der Waals surface area contributed by atoms with Crippen molar-refractivity contribution in [3.63, 3.8) is 0 Å². The number of halogens is 1. The van der Waals surface area contributed by atoms with Gasteiger partial charge in [0.2, 0.25) is 0 Å². The minimum Gasteiger partial charge on any atom is -0.379 e. The standard InChI is InChI=1S/C10H15ClN2/c1-10(2,7-12)13-9-5-3-4-8(11)6-9/h3-6,13H,7,12H2,1-2H3. The Morgan fingerprint density at radius 1 is 1.46 bits per heavy atom. The molecule has 1 rings (SSSR count). The molecule has 3 heteroatoms. The fourth-order valence-electron chi connectivity index (χ4n) is 1.01. The molecule has 0 amide bonds. The highest BCUT2D eigenvalue weighted by Gasteiger charge is 2.14. The molecule has 0 atom stereocenters. The lowest BCUT2D eigenvalue weighted by molar-refractivity contribution is 0.580. The third-order valence-electron chi connectivity index (χ3n) is 1.82. The van der Waals surface area contributed by atoms with E-state index in [1.165, 1.54) is 0 Å². The monoisotopic (exact) mass is 198 g/mol. The number of benzene rings is 1. The van der Waals surface area contributed by atoms with Gasteiger partial charge in [-0.25, -0.2) is 0 Å². The third kappa shape index (κ3) is 3.25. The van der Waals surface area contributed by atoms with Crippen molar-refractivity contribution in [2.45, 2.75) is 19.4 Å². The molecule has 72 valence electrons. The van der Waals surface area contributed by atoms with Crippen LogP contribution in [0.3, 0.4) is 0 Å². The molecule has 0 fully saturated rings. The Hall–Kier alpha value is -0.730. The predicted molar refractivity (Wildman–Crippen MR) is 58.2 cm³/mol. The minimum atomic E-state index is -0.0926. The van der Waals surface area contributed by atoms with Gasteiger partial charge in [-0.3, -0.25) is 0 Å². The number of hydrogen-bond donors (Lipinski definition) is 2. The summed E-state index contributed by atoms with van der Waals surface area (Å²) in [5.41, 5.74) is 6.51. The lowest BCUT2D eigenvalue weighted by Gasteiger charge is -2.25. The Labute approximate surface area is 84.1 Å². The van der Waals surface area contributed by atoms with Crippen molar-refractivity contribution in [2.75, 3.05) is 11.9 Å². The van der Waals surface area contributed by atoms with Crippen LogP contribution in [0.1, 0.15) is 13.8 Å². The second-order valence-electron chi connectivity index (χ2n) is 3.72. The van der Waals surface area contributed by atoms with Gasteiger partial charge in [0.15, 0.2) is 0 Å². The molecule has 0 aliphatic rings. The van der Waals surface area contributed by atoms with Gasteiger partial charge in [0, 0.05) is 22.8 Å². The Balaban J connectivity index is 2.74. The zero-order valence-corrected chi connectivity index (χ0v) is 8.73. The van der Waals surface area contributed by atoms with Crippen LogP contribution in [0.4, 0.5) is 5.69 Å².